The highest BCUT2D eigenvalue weighted by atomic mass is 16.2. The van der Waals surface area contributed by atoms with E-state index in [0.717, 1.165) is 40.4 Å². The number of nitrogens with one attached hydrogen (secondary N) is 1. The molecule has 0 saturated carbocycles. The normalized spacial score (nSPS) is 13.7. The van der Waals surface area contributed by atoms with Crippen LogP contribution in [0.2, 0.25) is 0 Å². The number of benzene rings is 1. The molecule has 0 fully saturated rings. The fourth-order valence-corrected chi connectivity index (χ4v) is 3.53. The van der Waals surface area contributed by atoms with Crippen molar-refractivity contribution in [1.29, 1.82) is 0 Å². The van der Waals surface area contributed by atoms with E-state index in [1.54, 1.807) is 0 Å². The van der Waals surface area contributed by atoms with E-state index in [9.17, 15) is 4.79 Å². The molecule has 4 rings (SSSR count). The summed E-state index contributed by atoms with van der Waals surface area (Å²) < 4.78 is 1.88. The molecule has 3 heterocycles. The van der Waals surface area contributed by atoms with Crippen molar-refractivity contribution in [1.82, 2.24) is 30.1 Å². The zero-order valence-corrected chi connectivity index (χ0v) is 15.1. The van der Waals surface area contributed by atoms with Crippen LogP contribution in [0.25, 0.3) is 5.69 Å². The van der Waals surface area contributed by atoms with Gasteiger partial charge in [0, 0.05) is 25.1 Å². The molecule has 1 amide bonds. The summed E-state index contributed by atoms with van der Waals surface area (Å²) in [5.74, 6) is 0.157. The molecule has 0 bridgehead atoms. The van der Waals surface area contributed by atoms with E-state index in [1.807, 2.05) is 53.8 Å². The Kier molecular flexibility index (Phi) is 4.28. The zero-order valence-electron chi connectivity index (χ0n) is 15.1. The van der Waals surface area contributed by atoms with Crippen LogP contribution in [0.5, 0.6) is 0 Å². The minimum atomic E-state index is 0.157. The molecule has 1 aliphatic heterocycles. The third-order valence-corrected chi connectivity index (χ3v) is 5.03. The standard InChI is InChI=1S/C19H22N6O/c1-13-16(14(2)21-20-13)8-9-19(26)24-11-10-18-17(12-24)22-23-25(18)15-6-4-3-5-7-15/h3-7H,8-12H2,1-2H3,(H,20,21). The van der Waals surface area contributed by atoms with Crippen LogP contribution in [0, 0.1) is 13.8 Å². The van der Waals surface area contributed by atoms with Gasteiger partial charge in [-0.05, 0) is 38.0 Å². The second kappa shape index (κ2) is 6.74. The first-order valence-corrected chi connectivity index (χ1v) is 8.90. The summed E-state index contributed by atoms with van der Waals surface area (Å²) in [5, 5.41) is 15.8. The van der Waals surface area contributed by atoms with E-state index >= 15 is 0 Å². The lowest BCUT2D eigenvalue weighted by Gasteiger charge is -2.26. The maximum atomic E-state index is 12.6. The third kappa shape index (κ3) is 3.00. The summed E-state index contributed by atoms with van der Waals surface area (Å²) in [7, 11) is 0. The predicted molar refractivity (Wildman–Crippen MR) is 96.9 cm³/mol. The number of rotatable bonds is 4. The molecule has 7 nitrogen and oxygen atoms in total. The Bertz CT molecular complexity index is 907. The van der Waals surface area contributed by atoms with Crippen LogP contribution in [0.15, 0.2) is 30.3 Å². The molecule has 3 aromatic rings. The molecule has 134 valence electrons. The van der Waals surface area contributed by atoms with Crippen molar-refractivity contribution in [3.63, 3.8) is 0 Å². The summed E-state index contributed by atoms with van der Waals surface area (Å²) in [6.45, 7) is 5.20. The van der Waals surface area contributed by atoms with E-state index in [-0.39, 0.29) is 5.91 Å². The second-order valence-corrected chi connectivity index (χ2v) is 6.71. The van der Waals surface area contributed by atoms with Crippen LogP contribution in [0.1, 0.15) is 34.8 Å². The highest BCUT2D eigenvalue weighted by molar-refractivity contribution is 5.76. The maximum Gasteiger partial charge on any atom is 0.223 e. The number of hydrogen-bond acceptors (Lipinski definition) is 4. The predicted octanol–water partition coefficient (Wildman–Crippen LogP) is 2.12. The van der Waals surface area contributed by atoms with Crippen molar-refractivity contribution < 1.29 is 4.79 Å². The van der Waals surface area contributed by atoms with Crippen LogP contribution in [0.4, 0.5) is 0 Å². The van der Waals surface area contributed by atoms with Gasteiger partial charge in [0.1, 0.15) is 5.69 Å². The Morgan fingerprint density at radius 3 is 2.77 bits per heavy atom. The van der Waals surface area contributed by atoms with Crippen LogP contribution >= 0.6 is 0 Å². The van der Waals surface area contributed by atoms with Gasteiger partial charge in [-0.15, -0.1) is 5.10 Å². The summed E-state index contributed by atoms with van der Waals surface area (Å²) in [6.07, 6.45) is 1.98. The van der Waals surface area contributed by atoms with Crippen molar-refractivity contribution in [2.45, 2.75) is 39.7 Å². The van der Waals surface area contributed by atoms with E-state index in [2.05, 4.69) is 20.5 Å². The van der Waals surface area contributed by atoms with Gasteiger partial charge in [0.05, 0.1) is 23.6 Å². The van der Waals surface area contributed by atoms with Crippen molar-refractivity contribution in [2.75, 3.05) is 6.54 Å². The minimum absolute atomic E-state index is 0.157. The van der Waals surface area contributed by atoms with Crippen molar-refractivity contribution >= 4 is 5.91 Å². The Balaban J connectivity index is 1.44. The number of carbonyl (C=O) groups excluding carboxylic acids is 1. The third-order valence-electron chi connectivity index (χ3n) is 5.03. The molecular formula is C19H22N6O. The molecule has 0 saturated heterocycles. The van der Waals surface area contributed by atoms with Gasteiger partial charge < -0.3 is 4.90 Å². The molecule has 1 aliphatic rings. The Hall–Kier alpha value is -2.96. The first-order valence-electron chi connectivity index (χ1n) is 8.90. The van der Waals surface area contributed by atoms with Gasteiger partial charge in [-0.1, -0.05) is 23.4 Å². The Morgan fingerprint density at radius 1 is 1.23 bits per heavy atom. The molecule has 0 atom stereocenters. The number of carbonyl (C=O) groups is 1. The molecular weight excluding hydrogens is 328 g/mol. The molecule has 0 unspecified atom stereocenters. The van der Waals surface area contributed by atoms with Crippen LogP contribution in [-0.2, 0) is 24.2 Å². The highest BCUT2D eigenvalue weighted by Crippen LogP contribution is 2.21. The SMILES string of the molecule is Cc1n[nH]c(C)c1CCC(=O)N1CCc2c(nnn2-c2ccccc2)C1. The van der Waals surface area contributed by atoms with E-state index in [4.69, 9.17) is 0 Å². The fourth-order valence-electron chi connectivity index (χ4n) is 3.53. The number of hydrogen-bond donors (Lipinski definition) is 1. The van der Waals surface area contributed by atoms with Crippen LogP contribution in [0.3, 0.4) is 0 Å². The minimum Gasteiger partial charge on any atom is -0.336 e. The van der Waals surface area contributed by atoms with Gasteiger partial charge in [0.2, 0.25) is 5.91 Å². The number of nitrogens with zero attached hydrogens (tertiary/aromatic N) is 5. The average Bonchev–Trinajstić information content (AvgIpc) is 3.23. The lowest BCUT2D eigenvalue weighted by molar-refractivity contribution is -0.132. The number of aromatic nitrogens is 5. The largest absolute Gasteiger partial charge is 0.336 e. The van der Waals surface area contributed by atoms with Gasteiger partial charge in [0.25, 0.3) is 0 Å². The summed E-state index contributed by atoms with van der Waals surface area (Å²) in [6, 6.07) is 9.99. The summed E-state index contributed by atoms with van der Waals surface area (Å²) >= 11 is 0. The lowest BCUT2D eigenvalue weighted by Crippen LogP contribution is -2.36. The molecule has 26 heavy (non-hydrogen) atoms. The molecule has 7 heteroatoms. The zero-order chi connectivity index (χ0) is 18.1. The molecule has 1 aromatic carbocycles. The smallest absolute Gasteiger partial charge is 0.223 e. The number of para-hydroxylation sites is 1. The van der Waals surface area contributed by atoms with Gasteiger partial charge in [-0.2, -0.15) is 5.10 Å². The maximum absolute atomic E-state index is 12.6. The Morgan fingerprint density at radius 2 is 2.04 bits per heavy atom. The number of amides is 1. The molecule has 2 aromatic heterocycles. The molecule has 0 spiro atoms. The topological polar surface area (TPSA) is 79.7 Å². The highest BCUT2D eigenvalue weighted by Gasteiger charge is 2.25. The molecule has 0 radical (unpaired) electrons. The molecule has 0 aliphatic carbocycles. The van der Waals surface area contributed by atoms with Gasteiger partial charge in [0.15, 0.2) is 0 Å². The average molecular weight is 350 g/mol. The lowest BCUT2D eigenvalue weighted by atomic mass is 10.1. The first kappa shape index (κ1) is 16.5. The number of H-pyrrole nitrogens is 1. The Labute approximate surface area is 152 Å². The fraction of sp³-hybridized carbons (Fsp3) is 0.368. The van der Waals surface area contributed by atoms with E-state index < -0.39 is 0 Å². The van der Waals surface area contributed by atoms with E-state index in [0.29, 0.717) is 25.9 Å². The van der Waals surface area contributed by atoms with Gasteiger partial charge in [-0.25, -0.2) is 4.68 Å². The summed E-state index contributed by atoms with van der Waals surface area (Å²) in [4.78, 5) is 14.5. The van der Waals surface area contributed by atoms with Crippen LogP contribution in [-0.4, -0.2) is 42.5 Å². The monoisotopic (exact) mass is 350 g/mol. The number of fused-ring (bicyclic) bond motifs is 1. The van der Waals surface area contributed by atoms with Gasteiger partial charge in [-0.3, -0.25) is 9.89 Å². The first-order chi connectivity index (χ1) is 12.6. The van der Waals surface area contributed by atoms with Crippen molar-refractivity contribution in [3.05, 3.63) is 58.7 Å². The summed E-state index contributed by atoms with van der Waals surface area (Å²) in [5.41, 5.74) is 6.16. The number of aromatic amines is 1. The van der Waals surface area contributed by atoms with Crippen LogP contribution < -0.4 is 0 Å². The quantitative estimate of drug-likeness (QED) is 0.782. The van der Waals surface area contributed by atoms with Crippen molar-refractivity contribution in [3.8, 4) is 5.69 Å². The van der Waals surface area contributed by atoms with E-state index in [1.165, 1.54) is 0 Å². The number of aryl methyl sites for hydroxylation is 2. The van der Waals surface area contributed by atoms with Gasteiger partial charge >= 0.3 is 0 Å². The van der Waals surface area contributed by atoms with Crippen molar-refractivity contribution in [2.24, 2.45) is 0 Å². The second-order valence-electron chi connectivity index (χ2n) is 6.71. The molecule has 1 N–H and O–H groups in total.